The van der Waals surface area contributed by atoms with Crippen LogP contribution in [0.25, 0.3) is 0 Å². The van der Waals surface area contributed by atoms with Gasteiger partial charge in [0.1, 0.15) is 0 Å². The van der Waals surface area contributed by atoms with Gasteiger partial charge in [-0.05, 0) is 12.8 Å². The van der Waals surface area contributed by atoms with Crippen molar-refractivity contribution in [1.29, 1.82) is 0 Å². The number of hydrogen-bond acceptors (Lipinski definition) is 2. The van der Waals surface area contributed by atoms with Crippen molar-refractivity contribution in [2.45, 2.75) is 103 Å². The van der Waals surface area contributed by atoms with Gasteiger partial charge in [0.05, 0.1) is 6.04 Å². The van der Waals surface area contributed by atoms with Crippen molar-refractivity contribution in [3.8, 4) is 0 Å². The first-order valence-electron chi connectivity index (χ1n) is 9.59. The second-order valence-corrected chi connectivity index (χ2v) is 6.65. The van der Waals surface area contributed by atoms with Crippen LogP contribution < -0.4 is 11.4 Å². The Balaban J connectivity index is 2.43. The van der Waals surface area contributed by atoms with Crippen LogP contribution in [-0.2, 0) is 0 Å². The zero-order valence-corrected chi connectivity index (χ0v) is 15.0. The van der Waals surface area contributed by atoms with Crippen LogP contribution in [0.5, 0.6) is 0 Å². The Labute approximate surface area is 139 Å². The van der Waals surface area contributed by atoms with E-state index in [4.69, 9.17) is 0 Å². The first-order valence-corrected chi connectivity index (χ1v) is 9.59. The number of aromatic nitrogens is 3. The van der Waals surface area contributed by atoms with E-state index in [1.807, 2.05) is 0 Å². The molecule has 0 saturated carbocycles. The maximum absolute atomic E-state index is 11.9. The second kappa shape index (κ2) is 12.2. The molecule has 1 heterocycles. The zero-order chi connectivity index (χ0) is 16.9. The lowest BCUT2D eigenvalue weighted by Gasteiger charge is -2.17. The van der Waals surface area contributed by atoms with Crippen LogP contribution in [0, 0.1) is 0 Å². The van der Waals surface area contributed by atoms with Crippen molar-refractivity contribution in [1.82, 2.24) is 14.8 Å². The van der Waals surface area contributed by atoms with Gasteiger partial charge in [-0.1, -0.05) is 84.5 Å². The van der Waals surface area contributed by atoms with Crippen molar-refractivity contribution in [3.63, 3.8) is 0 Å². The number of aromatic amines is 2. The molecule has 5 nitrogen and oxygen atoms in total. The maximum atomic E-state index is 11.9. The molecular formula is C18H35N3O2. The molecule has 0 aromatic carbocycles. The highest BCUT2D eigenvalue weighted by Crippen LogP contribution is 2.21. The molecule has 1 unspecified atom stereocenters. The summed E-state index contributed by atoms with van der Waals surface area (Å²) in [4.78, 5) is 25.5. The van der Waals surface area contributed by atoms with Crippen LogP contribution in [0.3, 0.4) is 0 Å². The van der Waals surface area contributed by atoms with Crippen molar-refractivity contribution < 1.29 is 0 Å². The van der Waals surface area contributed by atoms with E-state index >= 15 is 0 Å². The van der Waals surface area contributed by atoms with E-state index in [2.05, 4.69) is 23.9 Å². The minimum absolute atomic E-state index is 0.134. The van der Waals surface area contributed by atoms with E-state index in [9.17, 15) is 9.59 Å². The molecule has 1 aromatic heterocycles. The Morgan fingerprint density at radius 3 is 1.70 bits per heavy atom. The number of H-pyrrole nitrogens is 2. The van der Waals surface area contributed by atoms with Gasteiger partial charge in [-0.2, -0.15) is 0 Å². The smallest absolute Gasteiger partial charge is 0.257 e. The van der Waals surface area contributed by atoms with Crippen molar-refractivity contribution in [2.24, 2.45) is 0 Å². The number of rotatable bonds is 14. The molecule has 0 radical (unpaired) electrons. The Hall–Kier alpha value is -1.26. The fourth-order valence-electron chi connectivity index (χ4n) is 3.15. The summed E-state index contributed by atoms with van der Waals surface area (Å²) in [6, 6.07) is 0.134. The summed E-state index contributed by atoms with van der Waals surface area (Å²) >= 11 is 0. The van der Waals surface area contributed by atoms with Crippen molar-refractivity contribution in [3.05, 3.63) is 21.0 Å². The third-order valence-electron chi connectivity index (χ3n) is 4.56. The largest absolute Gasteiger partial charge is 0.344 e. The van der Waals surface area contributed by atoms with Gasteiger partial charge < -0.3 is 0 Å². The van der Waals surface area contributed by atoms with Crippen molar-refractivity contribution >= 4 is 0 Å². The van der Waals surface area contributed by atoms with E-state index in [-0.39, 0.29) is 11.7 Å². The third kappa shape index (κ3) is 8.24. The zero-order valence-electron chi connectivity index (χ0n) is 15.0. The quantitative estimate of drug-likeness (QED) is 0.494. The monoisotopic (exact) mass is 325 g/mol. The van der Waals surface area contributed by atoms with Crippen LogP contribution in [0.1, 0.15) is 103 Å². The first kappa shape index (κ1) is 19.8. The van der Waals surface area contributed by atoms with Crippen LogP contribution in [0.2, 0.25) is 0 Å². The van der Waals surface area contributed by atoms with E-state index in [0.29, 0.717) is 0 Å². The van der Waals surface area contributed by atoms with E-state index in [1.165, 1.54) is 62.5 Å². The molecule has 1 aromatic rings. The average molecular weight is 325 g/mol. The predicted molar refractivity (Wildman–Crippen MR) is 96.1 cm³/mol. The molecule has 1 rings (SSSR count). The Morgan fingerprint density at radius 1 is 0.783 bits per heavy atom. The molecule has 0 amide bonds. The summed E-state index contributed by atoms with van der Waals surface area (Å²) < 4.78 is 1.52. The minimum atomic E-state index is -0.395. The van der Waals surface area contributed by atoms with Gasteiger partial charge >= 0.3 is 11.4 Å². The normalized spacial score (nSPS) is 12.6. The number of unbranched alkanes of at least 4 members (excludes halogenated alkanes) is 9. The molecule has 0 saturated heterocycles. The molecule has 0 fully saturated rings. The predicted octanol–water partition coefficient (Wildman–Crippen LogP) is 4.52. The maximum Gasteiger partial charge on any atom is 0.344 e. The lowest BCUT2D eigenvalue weighted by atomic mass is 10.0. The number of nitrogens with zero attached hydrogens (tertiary/aromatic N) is 1. The molecule has 23 heavy (non-hydrogen) atoms. The fourth-order valence-corrected chi connectivity index (χ4v) is 3.15. The van der Waals surface area contributed by atoms with Crippen molar-refractivity contribution in [2.75, 3.05) is 0 Å². The van der Waals surface area contributed by atoms with Gasteiger partial charge in [0.2, 0.25) is 0 Å². The van der Waals surface area contributed by atoms with E-state index < -0.39 is 5.69 Å². The molecule has 2 N–H and O–H groups in total. The van der Waals surface area contributed by atoms with Gasteiger partial charge in [0.25, 0.3) is 0 Å². The van der Waals surface area contributed by atoms with Crippen LogP contribution in [0.4, 0.5) is 0 Å². The topological polar surface area (TPSA) is 70.7 Å². The summed E-state index contributed by atoms with van der Waals surface area (Å²) in [5, 5.41) is 2.65. The Bertz CT molecular complexity index is 501. The second-order valence-electron chi connectivity index (χ2n) is 6.65. The van der Waals surface area contributed by atoms with E-state index in [1.54, 1.807) is 0 Å². The molecule has 0 aliphatic rings. The third-order valence-corrected chi connectivity index (χ3v) is 4.56. The van der Waals surface area contributed by atoms with Gasteiger partial charge in [0, 0.05) is 0 Å². The fraction of sp³-hybridized carbons (Fsp3) is 0.889. The Morgan fingerprint density at radius 2 is 1.26 bits per heavy atom. The number of hydrogen-bond donors (Lipinski definition) is 2. The lowest BCUT2D eigenvalue weighted by Crippen LogP contribution is -2.24. The standard InChI is InChI=1S/C18H35N3O2/c1-3-5-7-9-11-13-15-16(14-12-10-8-6-4-2)21-18(23)19-17(22)20-21/h16H,3-15H2,1-2H3,(H2,19,20,22,23). The molecule has 0 spiro atoms. The SMILES string of the molecule is CCCCCCCCC(CCCCCCC)n1[nH]c(=O)[nH]c1=O. The van der Waals surface area contributed by atoms with Crippen LogP contribution >= 0.6 is 0 Å². The summed E-state index contributed by atoms with van der Waals surface area (Å²) in [5.74, 6) is 0. The number of nitrogens with one attached hydrogen (secondary N) is 2. The lowest BCUT2D eigenvalue weighted by molar-refractivity contribution is 0.357. The molecular weight excluding hydrogens is 290 g/mol. The first-order chi connectivity index (χ1) is 11.2. The summed E-state index contributed by atoms with van der Waals surface area (Å²) in [7, 11) is 0. The highest BCUT2D eigenvalue weighted by Gasteiger charge is 2.14. The molecule has 0 bridgehead atoms. The summed E-state index contributed by atoms with van der Waals surface area (Å²) in [6.07, 6.45) is 15.6. The summed E-state index contributed by atoms with van der Waals surface area (Å²) in [6.45, 7) is 4.44. The van der Waals surface area contributed by atoms with E-state index in [0.717, 1.165) is 25.7 Å². The molecule has 134 valence electrons. The minimum Gasteiger partial charge on any atom is -0.257 e. The van der Waals surface area contributed by atoms with Crippen LogP contribution in [-0.4, -0.2) is 14.8 Å². The van der Waals surface area contributed by atoms with Gasteiger partial charge in [-0.3, -0.25) is 4.98 Å². The van der Waals surface area contributed by atoms with Crippen LogP contribution in [0.15, 0.2) is 9.59 Å². The molecule has 1 atom stereocenters. The summed E-state index contributed by atoms with van der Waals surface area (Å²) in [5.41, 5.74) is -0.687. The Kier molecular flexibility index (Phi) is 10.5. The average Bonchev–Trinajstić information content (AvgIpc) is 2.87. The highest BCUT2D eigenvalue weighted by molar-refractivity contribution is 4.72. The van der Waals surface area contributed by atoms with Gasteiger partial charge in [-0.15, -0.1) is 0 Å². The molecule has 0 aliphatic carbocycles. The molecule has 5 heteroatoms. The molecule has 0 aliphatic heterocycles. The van der Waals surface area contributed by atoms with Gasteiger partial charge in [0.15, 0.2) is 0 Å². The van der Waals surface area contributed by atoms with Gasteiger partial charge in [-0.25, -0.2) is 19.4 Å². The highest BCUT2D eigenvalue weighted by atomic mass is 16.2.